The summed E-state index contributed by atoms with van der Waals surface area (Å²) in [5, 5.41) is 9.31. The minimum atomic E-state index is -0.288. The summed E-state index contributed by atoms with van der Waals surface area (Å²) >= 11 is 17.8. The molecule has 0 unspecified atom stereocenters. The van der Waals surface area contributed by atoms with Gasteiger partial charge in [0.15, 0.2) is 0 Å². The Balaban J connectivity index is 1.90. The summed E-state index contributed by atoms with van der Waals surface area (Å²) < 4.78 is 0. The molecule has 2 aromatic rings. The molecule has 132 valence electrons. The number of carbonyl (C=O) groups is 2. The molecule has 2 amide bonds. The number of rotatable bonds is 6. The molecule has 0 radical (unpaired) electrons. The average Bonchev–Trinajstić information content (AvgIpc) is 2.59. The topological polar surface area (TPSA) is 70.2 Å². The standard InChI is InChI=1S/C17H16Cl3N3O2/c1-2-16(24)22-11-5-3-10(4-6-11)21-9-17(25)23-15-8-13(19)12(18)7-14(15)20/h3-8,21H,2,9H2,1H3,(H,22,24)(H,23,25). The maximum absolute atomic E-state index is 12.0. The van der Waals surface area contributed by atoms with E-state index in [1.807, 2.05) is 0 Å². The molecule has 0 saturated carbocycles. The fourth-order valence-electron chi connectivity index (χ4n) is 1.92. The van der Waals surface area contributed by atoms with Gasteiger partial charge in [-0.2, -0.15) is 0 Å². The van der Waals surface area contributed by atoms with E-state index in [1.165, 1.54) is 12.1 Å². The van der Waals surface area contributed by atoms with Gasteiger partial charge >= 0.3 is 0 Å². The summed E-state index contributed by atoms with van der Waals surface area (Å²) in [5.41, 5.74) is 1.83. The SMILES string of the molecule is CCC(=O)Nc1ccc(NCC(=O)Nc2cc(Cl)c(Cl)cc2Cl)cc1. The number of hydrogen-bond acceptors (Lipinski definition) is 3. The smallest absolute Gasteiger partial charge is 0.243 e. The van der Waals surface area contributed by atoms with Gasteiger partial charge in [0.05, 0.1) is 27.3 Å². The Labute approximate surface area is 160 Å². The zero-order chi connectivity index (χ0) is 18.4. The minimum absolute atomic E-state index is 0.0389. The third kappa shape index (κ3) is 5.81. The molecule has 8 heteroatoms. The first-order valence-corrected chi connectivity index (χ1v) is 8.60. The van der Waals surface area contributed by atoms with Crippen LogP contribution >= 0.6 is 34.8 Å². The van der Waals surface area contributed by atoms with Crippen LogP contribution in [0.1, 0.15) is 13.3 Å². The second-order valence-corrected chi connectivity index (χ2v) is 6.35. The molecule has 0 aliphatic carbocycles. The van der Waals surface area contributed by atoms with Gasteiger partial charge < -0.3 is 16.0 Å². The first kappa shape index (κ1) is 19.4. The van der Waals surface area contributed by atoms with Crippen molar-refractivity contribution >= 4 is 63.7 Å². The summed E-state index contributed by atoms with van der Waals surface area (Å²) in [4.78, 5) is 23.3. The maximum Gasteiger partial charge on any atom is 0.243 e. The molecule has 0 heterocycles. The van der Waals surface area contributed by atoms with Crippen molar-refractivity contribution in [2.45, 2.75) is 13.3 Å². The summed E-state index contributed by atoms with van der Waals surface area (Å²) in [6.07, 6.45) is 0.414. The molecule has 5 nitrogen and oxygen atoms in total. The van der Waals surface area contributed by atoms with Gasteiger partial charge in [-0.15, -0.1) is 0 Å². The molecule has 0 aliphatic heterocycles. The highest BCUT2D eigenvalue weighted by Crippen LogP contribution is 2.32. The summed E-state index contributed by atoms with van der Waals surface area (Å²) in [6, 6.07) is 10.0. The number of hydrogen-bond donors (Lipinski definition) is 3. The Bertz CT molecular complexity index is 779. The Morgan fingerprint density at radius 1 is 0.840 bits per heavy atom. The normalized spacial score (nSPS) is 10.2. The van der Waals surface area contributed by atoms with Crippen LogP contribution in [-0.2, 0) is 9.59 Å². The van der Waals surface area contributed by atoms with E-state index >= 15 is 0 Å². The van der Waals surface area contributed by atoms with Crippen molar-refractivity contribution in [3.05, 3.63) is 51.5 Å². The van der Waals surface area contributed by atoms with E-state index in [9.17, 15) is 9.59 Å². The van der Waals surface area contributed by atoms with E-state index < -0.39 is 0 Å². The van der Waals surface area contributed by atoms with E-state index in [0.717, 1.165) is 5.69 Å². The molecule has 2 rings (SSSR count). The summed E-state index contributed by atoms with van der Waals surface area (Å²) in [5.74, 6) is -0.345. The molecule has 3 N–H and O–H groups in total. The lowest BCUT2D eigenvalue weighted by Crippen LogP contribution is -2.22. The fourth-order valence-corrected chi connectivity index (χ4v) is 2.51. The molecule has 0 fully saturated rings. The second-order valence-electron chi connectivity index (χ2n) is 5.13. The Morgan fingerprint density at radius 2 is 1.44 bits per heavy atom. The van der Waals surface area contributed by atoms with Gasteiger partial charge in [0.2, 0.25) is 11.8 Å². The highest BCUT2D eigenvalue weighted by Gasteiger charge is 2.09. The van der Waals surface area contributed by atoms with E-state index in [1.54, 1.807) is 31.2 Å². The van der Waals surface area contributed by atoms with Crippen LogP contribution in [-0.4, -0.2) is 18.4 Å². The van der Waals surface area contributed by atoms with Crippen LogP contribution in [0.15, 0.2) is 36.4 Å². The van der Waals surface area contributed by atoms with Crippen molar-refractivity contribution in [3.8, 4) is 0 Å². The minimum Gasteiger partial charge on any atom is -0.376 e. The molecular formula is C17H16Cl3N3O2. The number of nitrogens with one attached hydrogen (secondary N) is 3. The average molecular weight is 401 g/mol. The van der Waals surface area contributed by atoms with Gasteiger partial charge in [0.25, 0.3) is 0 Å². The molecule has 0 atom stereocenters. The highest BCUT2D eigenvalue weighted by molar-refractivity contribution is 6.44. The van der Waals surface area contributed by atoms with E-state index in [4.69, 9.17) is 34.8 Å². The molecule has 25 heavy (non-hydrogen) atoms. The second kappa shape index (κ2) is 8.94. The maximum atomic E-state index is 12.0. The lowest BCUT2D eigenvalue weighted by Gasteiger charge is -2.11. The molecular weight excluding hydrogens is 385 g/mol. The van der Waals surface area contributed by atoms with Crippen LogP contribution in [0.5, 0.6) is 0 Å². The van der Waals surface area contributed by atoms with Gasteiger partial charge in [-0.1, -0.05) is 41.7 Å². The molecule has 0 spiro atoms. The third-order valence-corrected chi connectivity index (χ3v) is 4.26. The number of amides is 2. The molecule has 0 saturated heterocycles. The lowest BCUT2D eigenvalue weighted by atomic mass is 10.2. The lowest BCUT2D eigenvalue weighted by molar-refractivity contribution is -0.116. The highest BCUT2D eigenvalue weighted by atomic mass is 35.5. The number of anilines is 3. The van der Waals surface area contributed by atoms with Crippen molar-refractivity contribution in [2.24, 2.45) is 0 Å². The van der Waals surface area contributed by atoms with Crippen molar-refractivity contribution in [3.63, 3.8) is 0 Å². The quantitative estimate of drug-likeness (QED) is 0.595. The van der Waals surface area contributed by atoms with Crippen molar-refractivity contribution < 1.29 is 9.59 Å². The van der Waals surface area contributed by atoms with Gasteiger partial charge in [-0.25, -0.2) is 0 Å². The summed E-state index contributed by atoms with van der Waals surface area (Å²) in [6.45, 7) is 1.82. The van der Waals surface area contributed by atoms with Crippen LogP contribution in [0.4, 0.5) is 17.1 Å². The van der Waals surface area contributed by atoms with Gasteiger partial charge in [-0.05, 0) is 36.4 Å². The van der Waals surface area contributed by atoms with Gasteiger partial charge in [-0.3, -0.25) is 9.59 Å². The number of benzene rings is 2. The number of halogens is 3. The molecule has 0 bridgehead atoms. The Kier molecular flexibility index (Phi) is 6.93. The summed E-state index contributed by atoms with van der Waals surface area (Å²) in [7, 11) is 0. The first-order valence-electron chi connectivity index (χ1n) is 7.47. The molecule has 0 aromatic heterocycles. The van der Waals surface area contributed by atoms with Crippen molar-refractivity contribution in [1.82, 2.24) is 0 Å². The Morgan fingerprint density at radius 3 is 2.08 bits per heavy atom. The zero-order valence-electron chi connectivity index (χ0n) is 13.3. The van der Waals surface area contributed by atoms with E-state index in [-0.39, 0.29) is 18.4 Å². The zero-order valence-corrected chi connectivity index (χ0v) is 15.6. The first-order chi connectivity index (χ1) is 11.9. The largest absolute Gasteiger partial charge is 0.376 e. The predicted molar refractivity (Wildman–Crippen MR) is 104 cm³/mol. The van der Waals surface area contributed by atoms with Crippen LogP contribution in [0.3, 0.4) is 0 Å². The monoisotopic (exact) mass is 399 g/mol. The Hall–Kier alpha value is -1.95. The van der Waals surface area contributed by atoms with Gasteiger partial charge in [0.1, 0.15) is 0 Å². The van der Waals surface area contributed by atoms with Crippen molar-refractivity contribution in [1.29, 1.82) is 0 Å². The van der Waals surface area contributed by atoms with Crippen LogP contribution in [0.25, 0.3) is 0 Å². The van der Waals surface area contributed by atoms with E-state index in [0.29, 0.717) is 32.9 Å². The van der Waals surface area contributed by atoms with Crippen LogP contribution in [0, 0.1) is 0 Å². The van der Waals surface area contributed by atoms with E-state index in [2.05, 4.69) is 16.0 Å². The van der Waals surface area contributed by atoms with Crippen LogP contribution in [0.2, 0.25) is 15.1 Å². The molecule has 0 aliphatic rings. The van der Waals surface area contributed by atoms with Gasteiger partial charge in [0, 0.05) is 17.8 Å². The number of carbonyl (C=O) groups excluding carboxylic acids is 2. The third-order valence-electron chi connectivity index (χ3n) is 3.23. The molecule has 2 aromatic carbocycles. The fraction of sp³-hybridized carbons (Fsp3) is 0.176. The van der Waals surface area contributed by atoms with Crippen LogP contribution < -0.4 is 16.0 Å². The van der Waals surface area contributed by atoms with Crippen molar-refractivity contribution in [2.75, 3.05) is 22.5 Å². The predicted octanol–water partition coefficient (Wildman–Crippen LogP) is 5.05.